The summed E-state index contributed by atoms with van der Waals surface area (Å²) in [6, 6.07) is 11.5. The number of tetrazole rings is 1. The molecule has 0 saturated carbocycles. The van der Waals surface area contributed by atoms with E-state index < -0.39 is 5.97 Å². The molecule has 8 nitrogen and oxygen atoms in total. The number of anilines is 1. The third-order valence-electron chi connectivity index (χ3n) is 3.32. The quantitative estimate of drug-likeness (QED) is 0.489. The van der Waals surface area contributed by atoms with Crippen LogP contribution >= 0.6 is 23.1 Å². The Morgan fingerprint density at radius 2 is 2.08 bits per heavy atom. The third kappa shape index (κ3) is 4.46. The van der Waals surface area contributed by atoms with Crippen LogP contribution in [-0.4, -0.2) is 44.9 Å². The average Bonchev–Trinajstić information content (AvgIpc) is 3.29. The van der Waals surface area contributed by atoms with Crippen molar-refractivity contribution >= 4 is 40.7 Å². The van der Waals surface area contributed by atoms with Crippen LogP contribution in [0.4, 0.5) is 5.69 Å². The van der Waals surface area contributed by atoms with E-state index in [0.29, 0.717) is 22.3 Å². The van der Waals surface area contributed by atoms with Gasteiger partial charge in [0.15, 0.2) is 0 Å². The number of ether oxygens (including phenoxy) is 1. The molecule has 26 heavy (non-hydrogen) atoms. The number of carbonyl (C=O) groups excluding carboxylic acids is 2. The largest absolute Gasteiger partial charge is 0.465 e. The molecular formula is C16H15N5O3S2. The third-order valence-corrected chi connectivity index (χ3v) is 5.17. The lowest BCUT2D eigenvalue weighted by atomic mass is 10.2. The Morgan fingerprint density at radius 3 is 2.85 bits per heavy atom. The Bertz CT molecular complexity index is 894. The zero-order chi connectivity index (χ0) is 18.4. The molecule has 0 unspecified atom stereocenters. The molecule has 3 aromatic rings. The molecule has 2 heterocycles. The maximum atomic E-state index is 12.2. The fraction of sp³-hybridized carbons (Fsp3) is 0.188. The summed E-state index contributed by atoms with van der Waals surface area (Å²) in [5.41, 5.74) is 1.50. The highest BCUT2D eigenvalue weighted by atomic mass is 32.2. The van der Waals surface area contributed by atoms with Gasteiger partial charge in [0.2, 0.25) is 11.1 Å². The first-order valence-electron chi connectivity index (χ1n) is 7.56. The number of nitrogens with one attached hydrogen (secondary N) is 1. The molecule has 10 heteroatoms. The summed E-state index contributed by atoms with van der Waals surface area (Å²) in [6.45, 7) is 0.523. The number of benzene rings is 1. The Hall–Kier alpha value is -2.72. The second-order valence-electron chi connectivity index (χ2n) is 5.10. The van der Waals surface area contributed by atoms with Crippen molar-refractivity contribution in [2.45, 2.75) is 11.7 Å². The molecule has 3 rings (SSSR count). The summed E-state index contributed by atoms with van der Waals surface area (Å²) in [5, 5.41) is 16.6. The van der Waals surface area contributed by atoms with Crippen molar-refractivity contribution in [2.75, 3.05) is 18.2 Å². The number of hydrogen-bond donors (Lipinski definition) is 1. The zero-order valence-corrected chi connectivity index (χ0v) is 15.4. The van der Waals surface area contributed by atoms with Crippen LogP contribution in [0.15, 0.2) is 46.9 Å². The van der Waals surface area contributed by atoms with Crippen molar-refractivity contribution in [2.24, 2.45) is 0 Å². The molecule has 1 N–H and O–H groups in total. The van der Waals surface area contributed by atoms with Gasteiger partial charge in [0.1, 0.15) is 4.88 Å². The minimum Gasteiger partial charge on any atom is -0.465 e. The highest BCUT2D eigenvalue weighted by Crippen LogP contribution is 2.24. The molecule has 0 radical (unpaired) electrons. The summed E-state index contributed by atoms with van der Waals surface area (Å²) in [6.07, 6.45) is 0. The van der Waals surface area contributed by atoms with Crippen LogP contribution in [0.3, 0.4) is 0 Å². The van der Waals surface area contributed by atoms with E-state index >= 15 is 0 Å². The number of rotatable bonds is 7. The van der Waals surface area contributed by atoms with E-state index in [1.165, 1.54) is 30.2 Å². The first kappa shape index (κ1) is 18.1. The number of esters is 1. The molecule has 1 amide bonds. The van der Waals surface area contributed by atoms with Gasteiger partial charge in [0.05, 0.1) is 25.1 Å². The lowest BCUT2D eigenvalue weighted by molar-refractivity contribution is -0.113. The first-order chi connectivity index (χ1) is 12.7. The van der Waals surface area contributed by atoms with Crippen LogP contribution in [0, 0.1) is 0 Å². The van der Waals surface area contributed by atoms with Gasteiger partial charge < -0.3 is 10.1 Å². The number of aromatic nitrogens is 4. The van der Waals surface area contributed by atoms with Crippen LogP contribution < -0.4 is 5.32 Å². The molecule has 0 aliphatic rings. The molecular weight excluding hydrogens is 374 g/mol. The van der Waals surface area contributed by atoms with Crippen molar-refractivity contribution in [3.05, 3.63) is 52.2 Å². The van der Waals surface area contributed by atoms with E-state index in [-0.39, 0.29) is 11.7 Å². The van der Waals surface area contributed by atoms with Gasteiger partial charge >= 0.3 is 5.97 Å². The minimum absolute atomic E-state index is 0.117. The molecule has 0 bridgehead atoms. The van der Waals surface area contributed by atoms with E-state index in [0.717, 1.165) is 5.56 Å². The second-order valence-corrected chi connectivity index (χ2v) is 6.96. The number of thioether (sulfide) groups is 1. The van der Waals surface area contributed by atoms with Crippen LogP contribution in [0.2, 0.25) is 0 Å². The zero-order valence-electron chi connectivity index (χ0n) is 13.8. The summed E-state index contributed by atoms with van der Waals surface area (Å²) >= 11 is 2.44. The lowest BCUT2D eigenvalue weighted by Crippen LogP contribution is -2.16. The van der Waals surface area contributed by atoms with Crippen molar-refractivity contribution in [1.29, 1.82) is 0 Å². The van der Waals surface area contributed by atoms with Crippen LogP contribution in [0.5, 0.6) is 0 Å². The highest BCUT2D eigenvalue weighted by molar-refractivity contribution is 7.99. The SMILES string of the molecule is COC(=O)c1sccc1NC(=O)CSc1nnnn1Cc1ccccc1. The summed E-state index contributed by atoms with van der Waals surface area (Å²) in [5.74, 6) is -0.617. The predicted molar refractivity (Wildman–Crippen MR) is 98.4 cm³/mol. The van der Waals surface area contributed by atoms with E-state index in [2.05, 4.69) is 20.8 Å². The molecule has 0 spiro atoms. The number of amides is 1. The van der Waals surface area contributed by atoms with Gasteiger partial charge in [-0.1, -0.05) is 42.1 Å². The van der Waals surface area contributed by atoms with Crippen molar-refractivity contribution in [1.82, 2.24) is 20.2 Å². The Balaban J connectivity index is 1.58. The van der Waals surface area contributed by atoms with Gasteiger partial charge in [0.25, 0.3) is 0 Å². The maximum Gasteiger partial charge on any atom is 0.350 e. The monoisotopic (exact) mass is 389 g/mol. The number of thiophene rings is 1. The molecule has 0 fully saturated rings. The summed E-state index contributed by atoms with van der Waals surface area (Å²) in [4.78, 5) is 24.2. The van der Waals surface area contributed by atoms with E-state index in [1.54, 1.807) is 16.1 Å². The molecule has 134 valence electrons. The van der Waals surface area contributed by atoms with E-state index in [9.17, 15) is 9.59 Å². The minimum atomic E-state index is -0.477. The Kier molecular flexibility index (Phi) is 5.97. The van der Waals surface area contributed by atoms with Crippen molar-refractivity contribution < 1.29 is 14.3 Å². The standard InChI is InChI=1S/C16H15N5O3S2/c1-24-15(23)14-12(7-8-25-14)17-13(22)10-26-16-18-19-20-21(16)9-11-5-3-2-4-6-11/h2-8H,9-10H2,1H3,(H,17,22). The molecule has 2 aromatic heterocycles. The molecule has 0 saturated heterocycles. The normalized spacial score (nSPS) is 10.5. The van der Waals surface area contributed by atoms with Gasteiger partial charge in [-0.15, -0.1) is 16.4 Å². The van der Waals surface area contributed by atoms with Crippen LogP contribution in [-0.2, 0) is 16.1 Å². The summed E-state index contributed by atoms with van der Waals surface area (Å²) < 4.78 is 6.33. The maximum absolute atomic E-state index is 12.2. The highest BCUT2D eigenvalue weighted by Gasteiger charge is 2.16. The van der Waals surface area contributed by atoms with Crippen LogP contribution in [0.1, 0.15) is 15.2 Å². The van der Waals surface area contributed by atoms with Gasteiger partial charge in [-0.25, -0.2) is 9.48 Å². The van der Waals surface area contributed by atoms with E-state index in [1.807, 2.05) is 30.3 Å². The topological polar surface area (TPSA) is 99.0 Å². The number of carbonyl (C=O) groups is 2. The number of hydrogen-bond acceptors (Lipinski definition) is 8. The Labute approximate surface area is 157 Å². The van der Waals surface area contributed by atoms with Gasteiger partial charge in [0, 0.05) is 0 Å². The fourth-order valence-corrected chi connectivity index (χ4v) is 3.57. The number of methoxy groups -OCH3 is 1. The van der Waals surface area contributed by atoms with Gasteiger partial charge in [-0.05, 0) is 27.4 Å². The average molecular weight is 389 g/mol. The van der Waals surface area contributed by atoms with Crippen molar-refractivity contribution in [3.63, 3.8) is 0 Å². The van der Waals surface area contributed by atoms with Gasteiger partial charge in [-0.3, -0.25) is 4.79 Å². The molecule has 1 aromatic carbocycles. The molecule has 0 aliphatic heterocycles. The predicted octanol–water partition coefficient (Wildman–Crippen LogP) is 2.30. The summed E-state index contributed by atoms with van der Waals surface area (Å²) in [7, 11) is 1.30. The first-order valence-corrected chi connectivity index (χ1v) is 9.42. The lowest BCUT2D eigenvalue weighted by Gasteiger charge is -2.06. The fourth-order valence-electron chi connectivity index (χ4n) is 2.13. The molecule has 0 aliphatic carbocycles. The van der Waals surface area contributed by atoms with E-state index in [4.69, 9.17) is 4.74 Å². The second kappa shape index (κ2) is 8.59. The van der Waals surface area contributed by atoms with Crippen LogP contribution in [0.25, 0.3) is 0 Å². The smallest absolute Gasteiger partial charge is 0.350 e. The van der Waals surface area contributed by atoms with Gasteiger partial charge in [-0.2, -0.15) is 0 Å². The van der Waals surface area contributed by atoms with Crippen molar-refractivity contribution in [3.8, 4) is 0 Å². The Morgan fingerprint density at radius 1 is 1.27 bits per heavy atom. The molecule has 0 atom stereocenters. The number of nitrogens with zero attached hydrogens (tertiary/aromatic N) is 4.